The van der Waals surface area contributed by atoms with E-state index >= 15 is 0 Å². The van der Waals surface area contributed by atoms with E-state index in [1.165, 1.54) is 30.2 Å². The number of methoxy groups -OCH3 is 1. The molecule has 1 aliphatic heterocycles. The van der Waals surface area contributed by atoms with Gasteiger partial charge in [-0.3, -0.25) is 14.9 Å². The molecule has 0 spiro atoms. The number of carbonyl (C=O) groups excluding carboxylic acids is 1. The summed E-state index contributed by atoms with van der Waals surface area (Å²) in [4.78, 5) is 35.0. The predicted octanol–water partition coefficient (Wildman–Crippen LogP) is 1.61. The summed E-state index contributed by atoms with van der Waals surface area (Å²) in [7, 11) is 1.44. The molecule has 2 amide bonds. The van der Waals surface area contributed by atoms with Gasteiger partial charge in [-0.15, -0.1) is 0 Å². The molecular formula is C15H19N3O6. The summed E-state index contributed by atoms with van der Waals surface area (Å²) in [5.74, 6) is -1.03. The van der Waals surface area contributed by atoms with Gasteiger partial charge in [0.1, 0.15) is 5.75 Å². The topological polar surface area (TPSA) is 122 Å². The lowest BCUT2D eigenvalue weighted by Crippen LogP contribution is -2.46. The maximum absolute atomic E-state index is 12.2. The maximum atomic E-state index is 12.2. The van der Waals surface area contributed by atoms with Crippen molar-refractivity contribution < 1.29 is 24.4 Å². The highest BCUT2D eigenvalue weighted by Gasteiger charge is 2.28. The molecule has 1 aliphatic rings. The fraction of sp³-hybridized carbons (Fsp3) is 0.467. The van der Waals surface area contributed by atoms with Crippen LogP contribution in [-0.2, 0) is 11.3 Å². The van der Waals surface area contributed by atoms with Crippen molar-refractivity contribution in [2.24, 2.45) is 5.92 Å². The van der Waals surface area contributed by atoms with E-state index in [9.17, 15) is 19.7 Å². The van der Waals surface area contributed by atoms with Crippen LogP contribution in [0.5, 0.6) is 5.75 Å². The van der Waals surface area contributed by atoms with Crippen molar-refractivity contribution in [3.63, 3.8) is 0 Å². The quantitative estimate of drug-likeness (QED) is 0.622. The van der Waals surface area contributed by atoms with Crippen LogP contribution < -0.4 is 10.1 Å². The van der Waals surface area contributed by atoms with Crippen molar-refractivity contribution in [2.45, 2.75) is 19.4 Å². The number of carboxylic acids is 1. The van der Waals surface area contributed by atoms with Gasteiger partial charge in [0, 0.05) is 37.3 Å². The van der Waals surface area contributed by atoms with Gasteiger partial charge in [0.2, 0.25) is 0 Å². The molecule has 2 N–H and O–H groups in total. The number of benzene rings is 1. The van der Waals surface area contributed by atoms with Crippen LogP contribution in [0.25, 0.3) is 0 Å². The normalized spacial score (nSPS) is 17.2. The number of ether oxygens (including phenoxy) is 1. The second-order valence-electron chi connectivity index (χ2n) is 5.54. The Morgan fingerprint density at radius 2 is 2.25 bits per heavy atom. The molecule has 0 saturated carbocycles. The number of carboxylic acid groups (broad SMARTS) is 1. The fourth-order valence-electron chi connectivity index (χ4n) is 2.66. The van der Waals surface area contributed by atoms with Gasteiger partial charge >= 0.3 is 12.0 Å². The summed E-state index contributed by atoms with van der Waals surface area (Å²) in [6.07, 6.45) is 1.18. The van der Waals surface area contributed by atoms with Gasteiger partial charge < -0.3 is 20.1 Å². The summed E-state index contributed by atoms with van der Waals surface area (Å²) in [5.41, 5.74) is 0.385. The molecule has 9 nitrogen and oxygen atoms in total. The van der Waals surface area contributed by atoms with Crippen LogP contribution in [-0.4, -0.2) is 47.1 Å². The number of rotatable bonds is 5. The highest BCUT2D eigenvalue weighted by molar-refractivity contribution is 5.76. The third kappa shape index (κ3) is 4.12. The average Bonchev–Trinajstić information content (AvgIpc) is 2.59. The number of nitrogens with one attached hydrogen (secondary N) is 1. The zero-order valence-corrected chi connectivity index (χ0v) is 13.2. The highest BCUT2D eigenvalue weighted by Crippen LogP contribution is 2.24. The van der Waals surface area contributed by atoms with Crippen LogP contribution in [0.1, 0.15) is 18.4 Å². The largest absolute Gasteiger partial charge is 0.496 e. The first-order valence-electron chi connectivity index (χ1n) is 7.49. The number of carbonyl (C=O) groups is 2. The minimum atomic E-state index is -0.909. The molecular weight excluding hydrogens is 318 g/mol. The Morgan fingerprint density at radius 3 is 2.88 bits per heavy atom. The van der Waals surface area contributed by atoms with Crippen molar-refractivity contribution in [3.05, 3.63) is 33.9 Å². The van der Waals surface area contributed by atoms with Crippen LogP contribution >= 0.6 is 0 Å². The zero-order chi connectivity index (χ0) is 17.7. The van der Waals surface area contributed by atoms with E-state index in [0.717, 1.165) is 0 Å². The Hall–Kier alpha value is -2.84. The molecule has 1 unspecified atom stereocenters. The number of amides is 2. The summed E-state index contributed by atoms with van der Waals surface area (Å²) >= 11 is 0. The number of hydrogen-bond acceptors (Lipinski definition) is 5. The van der Waals surface area contributed by atoms with E-state index < -0.39 is 22.8 Å². The first-order valence-corrected chi connectivity index (χ1v) is 7.49. The summed E-state index contributed by atoms with van der Waals surface area (Å²) in [5, 5.41) is 22.6. The molecule has 1 aromatic rings. The van der Waals surface area contributed by atoms with E-state index in [-0.39, 0.29) is 18.8 Å². The number of likely N-dealkylation sites (tertiary alicyclic amines) is 1. The monoisotopic (exact) mass is 337 g/mol. The molecule has 1 atom stereocenters. The Labute approximate surface area is 138 Å². The number of nitrogens with zero attached hydrogens (tertiary/aromatic N) is 2. The second-order valence-corrected chi connectivity index (χ2v) is 5.54. The van der Waals surface area contributed by atoms with E-state index in [0.29, 0.717) is 30.7 Å². The smallest absolute Gasteiger partial charge is 0.317 e. The van der Waals surface area contributed by atoms with Crippen LogP contribution in [0.4, 0.5) is 10.5 Å². The van der Waals surface area contributed by atoms with E-state index in [1.54, 1.807) is 0 Å². The van der Waals surface area contributed by atoms with E-state index in [2.05, 4.69) is 5.32 Å². The molecule has 1 heterocycles. The van der Waals surface area contributed by atoms with Crippen molar-refractivity contribution in [1.29, 1.82) is 0 Å². The number of nitro groups is 1. The summed E-state index contributed by atoms with van der Waals surface area (Å²) in [6, 6.07) is 3.75. The van der Waals surface area contributed by atoms with Crippen molar-refractivity contribution >= 4 is 17.7 Å². The number of urea groups is 1. The molecule has 0 radical (unpaired) electrons. The molecule has 0 bridgehead atoms. The molecule has 9 heteroatoms. The molecule has 0 aromatic heterocycles. The van der Waals surface area contributed by atoms with Crippen LogP contribution in [0.3, 0.4) is 0 Å². The SMILES string of the molecule is COc1ccc([N+](=O)[O-])cc1CNC(=O)N1CCCC(C(=O)O)C1. The minimum absolute atomic E-state index is 0.0535. The summed E-state index contributed by atoms with van der Waals surface area (Å²) in [6.45, 7) is 0.701. The summed E-state index contributed by atoms with van der Waals surface area (Å²) < 4.78 is 5.14. The molecule has 2 rings (SSSR count). The van der Waals surface area contributed by atoms with E-state index in [1.807, 2.05) is 0 Å². The van der Waals surface area contributed by atoms with Gasteiger partial charge in [-0.05, 0) is 18.9 Å². The standard InChI is InChI=1S/C15H19N3O6/c1-24-13-5-4-12(18(22)23)7-11(13)8-16-15(21)17-6-2-3-10(9-17)14(19)20/h4-5,7,10H,2-3,6,8-9H2,1H3,(H,16,21)(H,19,20). The minimum Gasteiger partial charge on any atom is -0.496 e. The third-order valence-electron chi connectivity index (χ3n) is 3.96. The third-order valence-corrected chi connectivity index (χ3v) is 3.96. The first kappa shape index (κ1) is 17.5. The van der Waals surface area contributed by atoms with Gasteiger partial charge in [-0.25, -0.2) is 4.79 Å². The molecule has 130 valence electrons. The number of piperidine rings is 1. The number of hydrogen-bond donors (Lipinski definition) is 2. The Morgan fingerprint density at radius 1 is 1.50 bits per heavy atom. The first-order chi connectivity index (χ1) is 11.4. The van der Waals surface area contributed by atoms with E-state index in [4.69, 9.17) is 9.84 Å². The zero-order valence-electron chi connectivity index (χ0n) is 13.2. The van der Waals surface area contributed by atoms with Gasteiger partial charge in [0.25, 0.3) is 5.69 Å². The fourth-order valence-corrected chi connectivity index (χ4v) is 2.66. The average molecular weight is 337 g/mol. The molecule has 1 saturated heterocycles. The van der Waals surface area contributed by atoms with Crippen LogP contribution in [0.15, 0.2) is 18.2 Å². The molecule has 0 aliphatic carbocycles. The van der Waals surface area contributed by atoms with Crippen molar-refractivity contribution in [3.8, 4) is 5.75 Å². The highest BCUT2D eigenvalue weighted by atomic mass is 16.6. The number of aliphatic carboxylic acids is 1. The van der Waals surface area contributed by atoms with Crippen LogP contribution in [0, 0.1) is 16.0 Å². The molecule has 1 aromatic carbocycles. The van der Waals surface area contributed by atoms with Crippen LogP contribution in [0.2, 0.25) is 0 Å². The van der Waals surface area contributed by atoms with Gasteiger partial charge in [0.05, 0.1) is 18.0 Å². The van der Waals surface area contributed by atoms with Crippen molar-refractivity contribution in [2.75, 3.05) is 20.2 Å². The number of non-ortho nitro benzene ring substituents is 1. The lowest BCUT2D eigenvalue weighted by Gasteiger charge is -2.30. The van der Waals surface area contributed by atoms with Crippen molar-refractivity contribution in [1.82, 2.24) is 10.2 Å². The Kier molecular flexibility index (Phi) is 5.56. The predicted molar refractivity (Wildman–Crippen MR) is 83.8 cm³/mol. The maximum Gasteiger partial charge on any atom is 0.317 e. The number of nitro benzene ring substituents is 1. The molecule has 1 fully saturated rings. The Balaban J connectivity index is 2.02. The van der Waals surface area contributed by atoms with Gasteiger partial charge in [-0.1, -0.05) is 0 Å². The molecule has 24 heavy (non-hydrogen) atoms. The second kappa shape index (κ2) is 7.62. The lowest BCUT2D eigenvalue weighted by atomic mass is 9.99. The van der Waals surface area contributed by atoms with Gasteiger partial charge in [0.15, 0.2) is 0 Å². The lowest BCUT2D eigenvalue weighted by molar-refractivity contribution is -0.384. The Bertz CT molecular complexity index is 648. The van der Waals surface area contributed by atoms with Gasteiger partial charge in [-0.2, -0.15) is 0 Å².